The molecule has 0 bridgehead atoms. The number of hydrogen-bond acceptors (Lipinski definition) is 4. The number of aromatic nitrogens is 2. The predicted molar refractivity (Wildman–Crippen MR) is 53.4 cm³/mol. The number of carbonyl (C=O) groups excluding carboxylic acids is 2. The van der Waals surface area contributed by atoms with E-state index in [0.717, 1.165) is 0 Å². The van der Waals surface area contributed by atoms with Crippen LogP contribution in [-0.4, -0.2) is 21.5 Å². The number of Topliss-reactive ketones (excluding diaryl/α,β-unsaturated/α-hetero) is 2. The van der Waals surface area contributed by atoms with E-state index in [2.05, 4.69) is 9.97 Å². The molecule has 0 atom stereocenters. The maximum absolute atomic E-state index is 10.8. The zero-order valence-corrected chi connectivity index (χ0v) is 8.87. The molecule has 14 heavy (non-hydrogen) atoms. The van der Waals surface area contributed by atoms with Gasteiger partial charge in [0.05, 0.1) is 0 Å². The summed E-state index contributed by atoms with van der Waals surface area (Å²) in [6.07, 6.45) is 1.22. The summed E-state index contributed by atoms with van der Waals surface area (Å²) in [5, 5.41) is 0. The molecule has 76 valence electrons. The molecule has 0 saturated heterocycles. The molecule has 0 aliphatic heterocycles. The van der Waals surface area contributed by atoms with Crippen molar-refractivity contribution in [2.75, 3.05) is 0 Å². The normalized spacial score (nSPS) is 8.57. The Labute approximate surface area is 83.4 Å². The Kier molecular flexibility index (Phi) is 5.29. The van der Waals surface area contributed by atoms with Crippen LogP contribution in [0.1, 0.15) is 48.7 Å². The molecule has 0 spiro atoms. The van der Waals surface area contributed by atoms with Gasteiger partial charge >= 0.3 is 0 Å². The highest BCUT2D eigenvalue weighted by molar-refractivity contribution is 5.96. The van der Waals surface area contributed by atoms with Gasteiger partial charge in [-0.2, -0.15) is 0 Å². The lowest BCUT2D eigenvalue weighted by Crippen LogP contribution is -2.03. The van der Waals surface area contributed by atoms with Gasteiger partial charge in [-0.25, -0.2) is 9.97 Å². The highest BCUT2D eigenvalue weighted by Gasteiger charge is 2.05. The van der Waals surface area contributed by atoms with Crippen LogP contribution in [0.3, 0.4) is 0 Å². The first kappa shape index (κ1) is 12.4. The van der Waals surface area contributed by atoms with E-state index >= 15 is 0 Å². The highest BCUT2D eigenvalue weighted by Crippen LogP contribution is 1.99. The van der Waals surface area contributed by atoms with Crippen molar-refractivity contribution in [2.45, 2.75) is 27.7 Å². The zero-order valence-electron chi connectivity index (χ0n) is 8.87. The fraction of sp³-hybridized carbons (Fsp3) is 0.400. The summed E-state index contributed by atoms with van der Waals surface area (Å²) < 4.78 is 0. The van der Waals surface area contributed by atoms with Crippen LogP contribution in [0.25, 0.3) is 0 Å². The third kappa shape index (κ3) is 3.43. The van der Waals surface area contributed by atoms with E-state index in [1.807, 2.05) is 13.8 Å². The fourth-order valence-electron chi connectivity index (χ4n) is 0.742. The molecule has 4 nitrogen and oxygen atoms in total. The minimum absolute atomic E-state index is 0.167. The Bertz CT molecular complexity index is 305. The molecule has 0 fully saturated rings. The fourth-order valence-corrected chi connectivity index (χ4v) is 0.742. The van der Waals surface area contributed by atoms with Gasteiger partial charge in [-0.1, -0.05) is 13.8 Å². The second-order valence-corrected chi connectivity index (χ2v) is 2.40. The highest BCUT2D eigenvalue weighted by atomic mass is 16.1. The molecule has 1 aromatic rings. The van der Waals surface area contributed by atoms with Crippen LogP contribution in [0.2, 0.25) is 0 Å². The first-order valence-corrected chi connectivity index (χ1v) is 4.45. The van der Waals surface area contributed by atoms with E-state index in [0.29, 0.717) is 0 Å². The van der Waals surface area contributed by atoms with Gasteiger partial charge in [0, 0.05) is 13.8 Å². The van der Waals surface area contributed by atoms with Gasteiger partial charge in [-0.3, -0.25) is 9.59 Å². The van der Waals surface area contributed by atoms with Gasteiger partial charge in [0.1, 0.15) is 17.7 Å². The van der Waals surface area contributed by atoms with Crippen molar-refractivity contribution < 1.29 is 9.59 Å². The first-order valence-electron chi connectivity index (χ1n) is 4.45. The Morgan fingerprint density at radius 1 is 1.00 bits per heavy atom. The van der Waals surface area contributed by atoms with Crippen molar-refractivity contribution in [1.29, 1.82) is 0 Å². The van der Waals surface area contributed by atoms with E-state index < -0.39 is 0 Å². The largest absolute Gasteiger partial charge is 0.293 e. The van der Waals surface area contributed by atoms with Crippen LogP contribution in [0.4, 0.5) is 0 Å². The number of carbonyl (C=O) groups is 2. The van der Waals surface area contributed by atoms with Crippen LogP contribution in [-0.2, 0) is 0 Å². The summed E-state index contributed by atoms with van der Waals surface area (Å²) in [5.74, 6) is -0.334. The minimum atomic E-state index is -0.167. The SMILES string of the molecule is CC.CC(=O)c1cc(C(C)=O)ncn1. The smallest absolute Gasteiger partial charge is 0.178 e. The second kappa shape index (κ2) is 5.96. The van der Waals surface area contributed by atoms with Crippen molar-refractivity contribution in [1.82, 2.24) is 9.97 Å². The van der Waals surface area contributed by atoms with Gasteiger partial charge in [0.25, 0.3) is 0 Å². The van der Waals surface area contributed by atoms with E-state index in [4.69, 9.17) is 0 Å². The number of hydrogen-bond donors (Lipinski definition) is 0. The third-order valence-electron chi connectivity index (χ3n) is 1.39. The maximum atomic E-state index is 10.8. The molecule has 4 heteroatoms. The molecular weight excluding hydrogens is 180 g/mol. The quantitative estimate of drug-likeness (QED) is 0.675. The molecule has 0 saturated carbocycles. The van der Waals surface area contributed by atoms with Gasteiger partial charge < -0.3 is 0 Å². The van der Waals surface area contributed by atoms with Gasteiger partial charge in [-0.05, 0) is 6.07 Å². The summed E-state index contributed by atoms with van der Waals surface area (Å²) >= 11 is 0. The average molecular weight is 194 g/mol. The summed E-state index contributed by atoms with van der Waals surface area (Å²) in [4.78, 5) is 29.1. The Morgan fingerprint density at radius 2 is 1.36 bits per heavy atom. The van der Waals surface area contributed by atoms with Gasteiger partial charge in [0.2, 0.25) is 0 Å². The number of nitrogens with zero attached hydrogens (tertiary/aromatic N) is 2. The van der Waals surface area contributed by atoms with Gasteiger partial charge in [-0.15, -0.1) is 0 Å². The van der Waals surface area contributed by atoms with Gasteiger partial charge in [0.15, 0.2) is 11.6 Å². The van der Waals surface area contributed by atoms with Crippen molar-refractivity contribution in [3.05, 3.63) is 23.8 Å². The van der Waals surface area contributed by atoms with Crippen molar-refractivity contribution in [3.8, 4) is 0 Å². The molecule has 0 aromatic carbocycles. The van der Waals surface area contributed by atoms with E-state index in [9.17, 15) is 9.59 Å². The standard InChI is InChI=1S/C8H8N2O2.C2H6/c1-5(11)7-3-8(6(2)12)10-4-9-7;1-2/h3-4H,1-2H3;1-2H3. The van der Waals surface area contributed by atoms with Crippen LogP contribution in [0.15, 0.2) is 12.4 Å². The lowest BCUT2D eigenvalue weighted by Gasteiger charge is -1.95. The molecule has 0 aliphatic carbocycles. The van der Waals surface area contributed by atoms with E-state index in [1.54, 1.807) is 0 Å². The molecule has 0 aliphatic rings. The first-order chi connectivity index (χ1) is 6.61. The summed E-state index contributed by atoms with van der Waals surface area (Å²) in [6, 6.07) is 1.39. The molecule has 0 radical (unpaired) electrons. The molecule has 0 unspecified atom stereocenters. The average Bonchev–Trinajstić information content (AvgIpc) is 2.21. The van der Waals surface area contributed by atoms with E-state index in [1.165, 1.54) is 26.2 Å². The lowest BCUT2D eigenvalue weighted by molar-refractivity contribution is 0.101. The summed E-state index contributed by atoms with van der Waals surface area (Å²) in [7, 11) is 0. The predicted octanol–water partition coefficient (Wildman–Crippen LogP) is 1.91. The third-order valence-corrected chi connectivity index (χ3v) is 1.39. The Balaban J connectivity index is 0.000000791. The Hall–Kier alpha value is -1.58. The van der Waals surface area contributed by atoms with Crippen LogP contribution in [0, 0.1) is 0 Å². The topological polar surface area (TPSA) is 59.9 Å². The monoisotopic (exact) mass is 194 g/mol. The maximum Gasteiger partial charge on any atom is 0.178 e. The summed E-state index contributed by atoms with van der Waals surface area (Å²) in [5.41, 5.74) is 0.547. The molecule has 1 heterocycles. The van der Waals surface area contributed by atoms with Crippen molar-refractivity contribution in [2.24, 2.45) is 0 Å². The molecule has 1 aromatic heterocycles. The molecule has 0 amide bonds. The Morgan fingerprint density at radius 3 is 1.64 bits per heavy atom. The molecular formula is C10H14N2O2. The zero-order chi connectivity index (χ0) is 11.1. The number of ketones is 2. The summed E-state index contributed by atoms with van der Waals surface area (Å²) in [6.45, 7) is 6.79. The van der Waals surface area contributed by atoms with Crippen LogP contribution in [0.5, 0.6) is 0 Å². The van der Waals surface area contributed by atoms with Crippen molar-refractivity contribution in [3.63, 3.8) is 0 Å². The van der Waals surface area contributed by atoms with Crippen LogP contribution < -0.4 is 0 Å². The van der Waals surface area contributed by atoms with Crippen molar-refractivity contribution >= 4 is 11.6 Å². The van der Waals surface area contributed by atoms with E-state index in [-0.39, 0.29) is 23.0 Å². The van der Waals surface area contributed by atoms with Crippen LogP contribution >= 0.6 is 0 Å². The molecule has 0 N–H and O–H groups in total. The molecule has 1 rings (SSSR count). The minimum Gasteiger partial charge on any atom is -0.293 e. The second-order valence-electron chi connectivity index (χ2n) is 2.40. The lowest BCUT2D eigenvalue weighted by atomic mass is 10.2. The number of rotatable bonds is 2.